The summed E-state index contributed by atoms with van der Waals surface area (Å²) >= 11 is 0. The van der Waals surface area contributed by atoms with Crippen LogP contribution in [0.3, 0.4) is 0 Å². The van der Waals surface area contributed by atoms with E-state index in [1.54, 1.807) is 43.5 Å². The second-order valence-corrected chi connectivity index (χ2v) is 4.48. The lowest BCUT2D eigenvalue weighted by Gasteiger charge is -2.07. The Bertz CT molecular complexity index is 858. The Morgan fingerprint density at radius 2 is 2.23 bits per heavy atom. The number of hydrogen-bond acceptors (Lipinski definition) is 5. The van der Waals surface area contributed by atoms with Crippen molar-refractivity contribution in [3.63, 3.8) is 0 Å². The summed E-state index contributed by atoms with van der Waals surface area (Å²) in [5, 5.41) is 15.9. The van der Waals surface area contributed by atoms with Gasteiger partial charge in [0.05, 0.1) is 6.20 Å². The van der Waals surface area contributed by atoms with Crippen molar-refractivity contribution < 1.29 is 9.21 Å². The highest BCUT2D eigenvalue weighted by Gasteiger charge is 2.18. The molecule has 0 fully saturated rings. The van der Waals surface area contributed by atoms with Gasteiger partial charge in [-0.05, 0) is 31.2 Å². The van der Waals surface area contributed by atoms with Crippen molar-refractivity contribution >= 4 is 11.7 Å². The highest BCUT2D eigenvalue weighted by molar-refractivity contribution is 6.02. The molecule has 0 aliphatic heterocycles. The summed E-state index contributed by atoms with van der Waals surface area (Å²) in [5.74, 6) is 1.08. The number of nitriles is 1. The van der Waals surface area contributed by atoms with Crippen LogP contribution in [-0.2, 0) is 0 Å². The van der Waals surface area contributed by atoms with E-state index in [-0.39, 0.29) is 17.1 Å². The Balaban J connectivity index is 1.98. The van der Waals surface area contributed by atoms with E-state index in [9.17, 15) is 4.79 Å². The second kappa shape index (κ2) is 5.54. The summed E-state index contributed by atoms with van der Waals surface area (Å²) in [6, 6.07) is 10.5. The molecule has 7 nitrogen and oxygen atoms in total. The van der Waals surface area contributed by atoms with Gasteiger partial charge in [-0.15, -0.1) is 0 Å². The van der Waals surface area contributed by atoms with Crippen molar-refractivity contribution in [3.05, 3.63) is 59.8 Å². The fraction of sp³-hybridized carbons (Fsp3) is 0.0667. The van der Waals surface area contributed by atoms with Gasteiger partial charge in [0.1, 0.15) is 17.4 Å². The number of hydrogen-bond donors (Lipinski definition) is 1. The zero-order chi connectivity index (χ0) is 15.5. The van der Waals surface area contributed by atoms with Crippen molar-refractivity contribution in [2.24, 2.45) is 0 Å². The molecule has 0 bridgehead atoms. The van der Waals surface area contributed by atoms with Gasteiger partial charge in [0.25, 0.3) is 5.91 Å². The molecule has 0 spiro atoms. The van der Waals surface area contributed by atoms with E-state index in [0.29, 0.717) is 11.6 Å². The SMILES string of the molecule is Cc1ccc(C(=O)Nc2c(C#N)cnn2-c2ccccn2)o1. The van der Waals surface area contributed by atoms with Gasteiger partial charge in [0.2, 0.25) is 0 Å². The van der Waals surface area contributed by atoms with E-state index in [2.05, 4.69) is 15.4 Å². The molecule has 3 heterocycles. The minimum Gasteiger partial charge on any atom is -0.456 e. The Morgan fingerprint density at radius 1 is 1.36 bits per heavy atom. The molecule has 1 N–H and O–H groups in total. The number of furan rings is 1. The van der Waals surface area contributed by atoms with Gasteiger partial charge in [-0.1, -0.05) is 6.07 Å². The molecule has 108 valence electrons. The van der Waals surface area contributed by atoms with E-state index in [4.69, 9.17) is 9.68 Å². The van der Waals surface area contributed by atoms with Crippen LogP contribution in [0.15, 0.2) is 47.1 Å². The molecule has 0 aliphatic rings. The van der Waals surface area contributed by atoms with E-state index >= 15 is 0 Å². The molecule has 0 radical (unpaired) electrons. The minimum atomic E-state index is -0.456. The van der Waals surface area contributed by atoms with Gasteiger partial charge in [-0.2, -0.15) is 15.0 Å². The fourth-order valence-electron chi connectivity index (χ4n) is 1.93. The fourth-order valence-corrected chi connectivity index (χ4v) is 1.93. The third-order valence-corrected chi connectivity index (χ3v) is 2.95. The number of nitrogens with zero attached hydrogens (tertiary/aromatic N) is 4. The molecule has 22 heavy (non-hydrogen) atoms. The van der Waals surface area contributed by atoms with Crippen LogP contribution >= 0.6 is 0 Å². The molecule has 3 rings (SSSR count). The first-order chi connectivity index (χ1) is 10.7. The number of rotatable bonds is 3. The number of carbonyl (C=O) groups is 1. The molecule has 0 saturated carbocycles. The maximum absolute atomic E-state index is 12.2. The zero-order valence-corrected chi connectivity index (χ0v) is 11.6. The monoisotopic (exact) mass is 293 g/mol. The van der Waals surface area contributed by atoms with Crippen molar-refractivity contribution in [2.75, 3.05) is 5.32 Å². The largest absolute Gasteiger partial charge is 0.456 e. The van der Waals surface area contributed by atoms with E-state index in [1.807, 2.05) is 6.07 Å². The Labute approximate surface area is 125 Å². The summed E-state index contributed by atoms with van der Waals surface area (Å²) < 4.78 is 6.67. The number of aromatic nitrogens is 3. The first kappa shape index (κ1) is 13.6. The first-order valence-electron chi connectivity index (χ1n) is 6.46. The second-order valence-electron chi connectivity index (χ2n) is 4.48. The number of nitrogens with one attached hydrogen (secondary N) is 1. The van der Waals surface area contributed by atoms with Crippen LogP contribution in [0.5, 0.6) is 0 Å². The van der Waals surface area contributed by atoms with Gasteiger partial charge < -0.3 is 9.73 Å². The van der Waals surface area contributed by atoms with Gasteiger partial charge in [0, 0.05) is 6.20 Å². The van der Waals surface area contributed by atoms with E-state index in [1.165, 1.54) is 10.9 Å². The van der Waals surface area contributed by atoms with Gasteiger partial charge in [0.15, 0.2) is 17.4 Å². The average molecular weight is 293 g/mol. The molecule has 0 unspecified atom stereocenters. The molecule has 7 heteroatoms. The zero-order valence-electron chi connectivity index (χ0n) is 11.6. The van der Waals surface area contributed by atoms with E-state index in [0.717, 1.165) is 0 Å². The third-order valence-electron chi connectivity index (χ3n) is 2.95. The average Bonchev–Trinajstić information content (AvgIpc) is 3.14. The van der Waals surface area contributed by atoms with E-state index < -0.39 is 5.91 Å². The van der Waals surface area contributed by atoms with Crippen molar-refractivity contribution in [3.8, 4) is 11.9 Å². The van der Waals surface area contributed by atoms with Crippen LogP contribution in [0.2, 0.25) is 0 Å². The molecular weight excluding hydrogens is 282 g/mol. The predicted molar refractivity (Wildman–Crippen MR) is 77.5 cm³/mol. The van der Waals surface area contributed by atoms with Crippen molar-refractivity contribution in [1.29, 1.82) is 5.26 Å². The Kier molecular flexibility index (Phi) is 3.42. The molecular formula is C15H11N5O2. The number of aryl methyl sites for hydroxylation is 1. The van der Waals surface area contributed by atoms with Gasteiger partial charge in [-0.25, -0.2) is 4.98 Å². The molecule has 3 aromatic heterocycles. The van der Waals surface area contributed by atoms with Crippen LogP contribution in [0.1, 0.15) is 21.9 Å². The Morgan fingerprint density at radius 3 is 2.86 bits per heavy atom. The smallest absolute Gasteiger partial charge is 0.292 e. The summed E-state index contributed by atoms with van der Waals surface area (Å²) in [6.45, 7) is 1.75. The number of carbonyl (C=O) groups excluding carboxylic acids is 1. The first-order valence-corrected chi connectivity index (χ1v) is 6.46. The molecule has 1 amide bonds. The Hall–Kier alpha value is -3.40. The van der Waals surface area contributed by atoms with Crippen LogP contribution in [0, 0.1) is 18.3 Å². The maximum atomic E-state index is 12.2. The molecule has 0 aromatic carbocycles. The summed E-state index contributed by atoms with van der Waals surface area (Å²) in [4.78, 5) is 16.4. The summed E-state index contributed by atoms with van der Waals surface area (Å²) in [6.07, 6.45) is 2.97. The summed E-state index contributed by atoms with van der Waals surface area (Å²) in [7, 11) is 0. The lowest BCUT2D eigenvalue weighted by molar-refractivity contribution is 0.0994. The topological polar surface area (TPSA) is 96.7 Å². The van der Waals surface area contributed by atoms with Gasteiger partial charge >= 0.3 is 0 Å². The number of pyridine rings is 1. The molecule has 3 aromatic rings. The summed E-state index contributed by atoms with van der Waals surface area (Å²) in [5.41, 5.74) is 0.238. The molecule has 0 aliphatic carbocycles. The van der Waals surface area contributed by atoms with Crippen LogP contribution in [-0.4, -0.2) is 20.7 Å². The van der Waals surface area contributed by atoms with Gasteiger partial charge in [-0.3, -0.25) is 4.79 Å². The molecule has 0 saturated heterocycles. The quantitative estimate of drug-likeness (QED) is 0.799. The maximum Gasteiger partial charge on any atom is 0.292 e. The van der Waals surface area contributed by atoms with Crippen LogP contribution < -0.4 is 5.32 Å². The number of anilines is 1. The van der Waals surface area contributed by atoms with Crippen molar-refractivity contribution in [1.82, 2.24) is 14.8 Å². The lowest BCUT2D eigenvalue weighted by atomic mass is 10.3. The normalized spacial score (nSPS) is 10.2. The third kappa shape index (κ3) is 2.45. The standard InChI is InChI=1S/C15H11N5O2/c1-10-5-6-12(22-10)15(21)19-14-11(8-16)9-18-20(14)13-4-2-3-7-17-13/h2-7,9H,1H3,(H,19,21). The predicted octanol–water partition coefficient (Wildman–Crippen LogP) is 2.29. The molecule has 0 atom stereocenters. The minimum absolute atomic E-state index is 0.162. The van der Waals surface area contributed by atoms with Crippen molar-refractivity contribution in [2.45, 2.75) is 6.92 Å². The van der Waals surface area contributed by atoms with Crippen LogP contribution in [0.25, 0.3) is 5.82 Å². The highest BCUT2D eigenvalue weighted by Crippen LogP contribution is 2.19. The van der Waals surface area contributed by atoms with Crippen LogP contribution in [0.4, 0.5) is 5.82 Å². The highest BCUT2D eigenvalue weighted by atomic mass is 16.3. The number of amides is 1. The lowest BCUT2D eigenvalue weighted by Crippen LogP contribution is -2.15.